The van der Waals surface area contributed by atoms with Gasteiger partial charge < -0.3 is 29.8 Å². The second-order valence-corrected chi connectivity index (χ2v) is 18.5. The average molecular weight is 1010 g/mol. The van der Waals surface area contributed by atoms with Gasteiger partial charge in [-0.1, -0.05) is 5.75 Å². The van der Waals surface area contributed by atoms with E-state index in [4.69, 9.17) is 10.3 Å². The molecule has 314 valence electrons. The maximum absolute atomic E-state index is 13.8. The van der Waals surface area contributed by atoms with E-state index in [9.17, 15) is 69.6 Å². The third kappa shape index (κ3) is 15.4. The molecule has 4 N–H and O–H groups in total. The molecule has 0 saturated heterocycles. The Morgan fingerprint density at radius 2 is 1.24 bits per heavy atom. The van der Waals surface area contributed by atoms with Crippen molar-refractivity contribution >= 4 is 101 Å². The molecule has 0 aliphatic carbocycles. The van der Waals surface area contributed by atoms with Crippen molar-refractivity contribution in [1.29, 1.82) is 0 Å². The second kappa shape index (κ2) is 22.8. The molecule has 1 heterocycles. The Kier molecular flexibility index (Phi) is 21.5. The number of aromatic nitrogens is 2. The minimum Gasteiger partial charge on any atom is -0.870 e. The van der Waals surface area contributed by atoms with Crippen LogP contribution in [0, 0.1) is 12.0 Å². The zero-order valence-electron chi connectivity index (χ0n) is 32.3. The van der Waals surface area contributed by atoms with E-state index in [2.05, 4.69) is 39.9 Å². The summed E-state index contributed by atoms with van der Waals surface area (Å²) in [6, 6.07) is 7.53. The van der Waals surface area contributed by atoms with Gasteiger partial charge in [0.25, 0.3) is 0 Å². The molecular formula is C28H18F2N8Na4O16S5. The van der Waals surface area contributed by atoms with Gasteiger partial charge in [-0.15, -0.1) is 15.3 Å². The molecule has 0 unspecified atom stereocenters. The number of hydrogen-bond donors (Lipinski definition) is 3. The van der Waals surface area contributed by atoms with E-state index < -0.39 is 140 Å². The average Bonchev–Trinajstić information content (AvgIpc) is 3.08. The van der Waals surface area contributed by atoms with E-state index in [1.807, 2.05) is 0 Å². The van der Waals surface area contributed by atoms with Crippen molar-refractivity contribution in [2.24, 2.45) is 20.5 Å². The molecule has 0 bridgehead atoms. The summed E-state index contributed by atoms with van der Waals surface area (Å²) >= 11 is 0. The molecule has 0 radical (unpaired) electrons. The number of sulfone groups is 1. The van der Waals surface area contributed by atoms with Crippen molar-refractivity contribution in [3.63, 3.8) is 0 Å². The maximum Gasteiger partial charge on any atom is 1.00 e. The first-order valence-corrected chi connectivity index (χ1v) is 22.3. The minimum absolute atomic E-state index is 0. The van der Waals surface area contributed by atoms with Gasteiger partial charge in [0, 0.05) is 17.1 Å². The van der Waals surface area contributed by atoms with Crippen LogP contribution in [-0.2, 0) is 54.8 Å². The van der Waals surface area contributed by atoms with Gasteiger partial charge in [0.2, 0.25) is 5.95 Å². The molecule has 0 atom stereocenters. The molecule has 0 amide bonds. The van der Waals surface area contributed by atoms with Gasteiger partial charge in [-0.25, -0.2) is 37.9 Å². The van der Waals surface area contributed by atoms with Crippen LogP contribution in [0.3, 0.4) is 0 Å². The smallest absolute Gasteiger partial charge is 0.870 e. The molecule has 0 saturated carbocycles. The molecule has 0 spiro atoms. The van der Waals surface area contributed by atoms with Crippen molar-refractivity contribution in [3.05, 3.63) is 72.7 Å². The zero-order chi connectivity index (χ0) is 43.9. The van der Waals surface area contributed by atoms with E-state index in [0.29, 0.717) is 24.3 Å². The number of nitrogens with zero attached hydrogens (tertiary/aromatic N) is 6. The Labute approximate surface area is 443 Å². The number of halogens is 2. The van der Waals surface area contributed by atoms with E-state index in [0.717, 1.165) is 36.4 Å². The summed E-state index contributed by atoms with van der Waals surface area (Å²) in [5.74, 6) is -4.37. The summed E-state index contributed by atoms with van der Waals surface area (Å²) in [4.78, 5) is 1.69. The summed E-state index contributed by atoms with van der Waals surface area (Å²) in [6.07, 6.45) is -1.52. The molecule has 5 aromatic rings. The SMILES string of the molecule is Nc1c(N=Nc2ccc(S(=O)(=O)CCOS(=O)(=O)O)cc2)c(S(=O)(=O)[O-])cc2cc(S(=O)(=O)[O-])c(N=Nc3cc(Nc4cc(F)nc(F)n4)ccc3S(=O)(=O)[O-])c([O-])c12.[Na+].[Na+].[Na+].[Na+]. The number of rotatable bonds is 14. The van der Waals surface area contributed by atoms with Crippen molar-refractivity contribution in [3.8, 4) is 5.75 Å². The van der Waals surface area contributed by atoms with Crippen molar-refractivity contribution in [1.82, 2.24) is 9.97 Å². The molecule has 0 aliphatic rings. The summed E-state index contributed by atoms with van der Waals surface area (Å²) in [5.41, 5.74) is 1.23. The topological polar surface area (TPSA) is 406 Å². The van der Waals surface area contributed by atoms with Crippen LogP contribution in [0.5, 0.6) is 5.75 Å². The zero-order valence-corrected chi connectivity index (χ0v) is 44.4. The first kappa shape index (κ1) is 59.2. The van der Waals surface area contributed by atoms with Gasteiger partial charge in [0.1, 0.15) is 47.5 Å². The van der Waals surface area contributed by atoms with E-state index >= 15 is 0 Å². The first-order chi connectivity index (χ1) is 27.1. The minimum atomic E-state index is -5.77. The Bertz CT molecular complexity index is 3170. The standard InChI is InChI=1S/C28H22F2N8O16S5.4Na/c29-21-12-22(34-28(30)33-21)32-15-3-6-18(56(42,43)44)17(11-15)36-38-26-20(58(48,49)50)10-13-9-19(57(45,46)47)25(24(31)23(13)27(26)39)37-35-14-1-4-16(5-2-14)55(40,41)8-7-54-59(51,52)53;;;;/h1-6,9-12,39H,7-8,31H2,(H,32,33,34)(H,42,43,44)(H,45,46,47)(H,48,49,50)(H,51,52,53);;;;/q;4*+1/p-4. The number of azo groups is 2. The second-order valence-electron chi connectivity index (χ2n) is 11.3. The summed E-state index contributed by atoms with van der Waals surface area (Å²) in [6.45, 7) is -0.950. The predicted molar refractivity (Wildman–Crippen MR) is 188 cm³/mol. The first-order valence-electron chi connectivity index (χ1n) is 15.0. The quantitative estimate of drug-likeness (QED) is 0.0232. The van der Waals surface area contributed by atoms with E-state index in [1.165, 1.54) is 0 Å². The van der Waals surface area contributed by atoms with Crippen LogP contribution in [0.25, 0.3) is 10.8 Å². The molecule has 63 heavy (non-hydrogen) atoms. The summed E-state index contributed by atoms with van der Waals surface area (Å²) in [5, 5.41) is 28.7. The molecule has 0 fully saturated rings. The molecule has 35 heteroatoms. The Morgan fingerprint density at radius 3 is 1.76 bits per heavy atom. The third-order valence-corrected chi connectivity index (χ3v) is 12.0. The molecule has 5 rings (SSSR count). The summed E-state index contributed by atoms with van der Waals surface area (Å²) in [7, 11) is -26.0. The van der Waals surface area contributed by atoms with Crippen LogP contribution in [0.4, 0.5) is 48.7 Å². The van der Waals surface area contributed by atoms with Crippen LogP contribution in [0.1, 0.15) is 0 Å². The maximum atomic E-state index is 13.8. The number of nitrogen functional groups attached to an aromatic ring is 1. The number of nitrogens with one attached hydrogen (secondary N) is 1. The van der Waals surface area contributed by atoms with Crippen LogP contribution in [-0.4, -0.2) is 82.6 Å². The monoisotopic (exact) mass is 1010 g/mol. The van der Waals surface area contributed by atoms with Gasteiger partial charge in [-0.3, -0.25) is 4.55 Å². The van der Waals surface area contributed by atoms with Crippen molar-refractivity contribution in [2.45, 2.75) is 19.6 Å². The molecule has 1 aromatic heterocycles. The van der Waals surface area contributed by atoms with E-state index in [1.54, 1.807) is 0 Å². The van der Waals surface area contributed by atoms with Crippen molar-refractivity contribution < 1.29 is 197 Å². The van der Waals surface area contributed by atoms with E-state index in [-0.39, 0.29) is 130 Å². The fourth-order valence-electron chi connectivity index (χ4n) is 4.86. The Balaban J connectivity index is 0.00000496. The molecule has 0 aliphatic heterocycles. The number of hydrogen-bond acceptors (Lipinski definition) is 23. The molecular weight excluding hydrogens is 995 g/mol. The van der Waals surface area contributed by atoms with Gasteiger partial charge >= 0.3 is 135 Å². The predicted octanol–water partition coefficient (Wildman–Crippen LogP) is -9.54. The third-order valence-electron chi connectivity index (χ3n) is 7.31. The van der Waals surface area contributed by atoms with Gasteiger partial charge in [0.15, 0.2) is 9.84 Å². The largest absolute Gasteiger partial charge is 1.00 e. The molecule has 4 aromatic carbocycles. The van der Waals surface area contributed by atoms with Gasteiger partial charge in [0.05, 0.1) is 49.0 Å². The fraction of sp³-hybridized carbons (Fsp3) is 0.0714. The fourth-order valence-corrected chi connectivity index (χ4v) is 8.24. The number of anilines is 3. The van der Waals surface area contributed by atoms with Crippen LogP contribution in [0.15, 0.2) is 101 Å². The summed E-state index contributed by atoms with van der Waals surface area (Å²) < 4.78 is 196. The van der Waals surface area contributed by atoms with Crippen LogP contribution in [0.2, 0.25) is 0 Å². The van der Waals surface area contributed by atoms with Crippen LogP contribution >= 0.6 is 0 Å². The number of fused-ring (bicyclic) bond motifs is 1. The Hall–Kier alpha value is -1.77. The van der Waals surface area contributed by atoms with Gasteiger partial charge in [-0.2, -0.15) is 32.3 Å². The van der Waals surface area contributed by atoms with Crippen LogP contribution < -0.4 is 134 Å². The molecule has 24 nitrogen and oxygen atoms in total. The Morgan fingerprint density at radius 1 is 0.698 bits per heavy atom. The number of nitrogens with two attached hydrogens (primary N) is 1. The normalized spacial score (nSPS) is 12.3. The number of benzene rings is 4. The van der Waals surface area contributed by atoms with Gasteiger partial charge in [-0.05, 0) is 60.0 Å². The van der Waals surface area contributed by atoms with Crippen molar-refractivity contribution in [2.75, 3.05) is 23.4 Å².